The van der Waals surface area contributed by atoms with E-state index in [4.69, 9.17) is 5.73 Å². The van der Waals surface area contributed by atoms with Crippen LogP contribution in [0.2, 0.25) is 0 Å². The second kappa shape index (κ2) is 8.86. The lowest BCUT2D eigenvalue weighted by Crippen LogP contribution is -2.39. The highest BCUT2D eigenvalue weighted by Gasteiger charge is 2.12. The number of imidazole rings is 1. The molecule has 0 unspecified atom stereocenters. The molecular formula is C16H23BrIN5. The fraction of sp³-hybridized carbons (Fsp3) is 0.500. The number of aliphatic imine (C=N–C) groups is 1. The molecule has 0 bridgehead atoms. The first-order valence-electron chi connectivity index (χ1n) is 7.90. The number of hydrogen-bond donors (Lipinski definition) is 2. The summed E-state index contributed by atoms with van der Waals surface area (Å²) in [6, 6.07) is 4.44. The Kier molecular flexibility index (Phi) is 7.13. The average Bonchev–Trinajstić information content (AvgIpc) is 2.72. The van der Waals surface area contributed by atoms with Gasteiger partial charge in [0, 0.05) is 22.9 Å². The summed E-state index contributed by atoms with van der Waals surface area (Å²) in [7, 11) is 0. The van der Waals surface area contributed by atoms with E-state index >= 15 is 0 Å². The van der Waals surface area contributed by atoms with E-state index in [-0.39, 0.29) is 24.0 Å². The summed E-state index contributed by atoms with van der Waals surface area (Å²) < 4.78 is 3.02. The van der Waals surface area contributed by atoms with Crippen LogP contribution in [0.15, 0.2) is 34.0 Å². The van der Waals surface area contributed by atoms with Gasteiger partial charge < -0.3 is 15.5 Å². The lowest BCUT2D eigenvalue weighted by molar-refractivity contribution is 0.530. The molecule has 3 N–H and O–H groups in total. The number of nitrogens with one attached hydrogen (secondary N) is 1. The van der Waals surface area contributed by atoms with Crippen molar-refractivity contribution in [1.29, 1.82) is 0 Å². The normalized spacial score (nSPS) is 16.8. The van der Waals surface area contributed by atoms with E-state index in [1.54, 1.807) is 0 Å². The summed E-state index contributed by atoms with van der Waals surface area (Å²) in [5, 5.41) is 3.36. The Morgan fingerprint density at radius 1 is 1.26 bits per heavy atom. The molecular weight excluding hydrogens is 469 g/mol. The first kappa shape index (κ1) is 18.5. The smallest absolute Gasteiger partial charge is 0.189 e. The van der Waals surface area contributed by atoms with Crippen molar-refractivity contribution >= 4 is 51.5 Å². The fourth-order valence-electron chi connectivity index (χ4n) is 2.94. The summed E-state index contributed by atoms with van der Waals surface area (Å²) in [4.78, 5) is 8.97. The maximum atomic E-state index is 6.02. The number of hydrogen-bond acceptors (Lipinski definition) is 2. The molecule has 0 spiro atoms. The molecule has 2 heterocycles. The zero-order chi connectivity index (χ0) is 15.4. The van der Waals surface area contributed by atoms with Crippen molar-refractivity contribution < 1.29 is 0 Å². The molecule has 126 valence electrons. The van der Waals surface area contributed by atoms with Crippen molar-refractivity contribution in [3.63, 3.8) is 0 Å². The minimum Gasteiger partial charge on any atom is -0.370 e. The van der Waals surface area contributed by atoms with E-state index in [2.05, 4.69) is 31.2 Å². The zero-order valence-electron chi connectivity index (χ0n) is 13.0. The molecule has 0 aromatic carbocycles. The molecule has 1 aliphatic rings. The molecule has 0 aliphatic heterocycles. The molecule has 0 amide bonds. The second-order valence-electron chi connectivity index (χ2n) is 5.88. The van der Waals surface area contributed by atoms with Gasteiger partial charge in [-0.05, 0) is 40.9 Å². The summed E-state index contributed by atoms with van der Waals surface area (Å²) in [6.07, 6.45) is 11.6. The third-order valence-electron chi connectivity index (χ3n) is 4.08. The van der Waals surface area contributed by atoms with Crippen LogP contribution in [-0.2, 0) is 6.54 Å². The Labute approximate surface area is 162 Å². The largest absolute Gasteiger partial charge is 0.370 e. The van der Waals surface area contributed by atoms with Crippen LogP contribution in [0.25, 0.3) is 5.65 Å². The number of guanidine groups is 1. The topological polar surface area (TPSA) is 67.7 Å². The van der Waals surface area contributed by atoms with E-state index in [0.717, 1.165) is 15.8 Å². The zero-order valence-corrected chi connectivity index (χ0v) is 17.0. The molecule has 3 rings (SSSR count). The third-order valence-corrected chi connectivity index (χ3v) is 4.55. The number of fused-ring (bicyclic) bond motifs is 1. The molecule has 5 nitrogen and oxygen atoms in total. The SMILES string of the molecule is I.NC(=NCc1cn2cc(Br)ccc2n1)NC1CCCCCC1. The molecule has 2 aromatic rings. The van der Waals surface area contributed by atoms with Crippen molar-refractivity contribution in [2.75, 3.05) is 0 Å². The van der Waals surface area contributed by atoms with Crippen LogP contribution < -0.4 is 11.1 Å². The molecule has 0 atom stereocenters. The molecule has 7 heteroatoms. The maximum Gasteiger partial charge on any atom is 0.189 e. The van der Waals surface area contributed by atoms with Crippen LogP contribution in [-0.4, -0.2) is 21.4 Å². The number of nitrogens with two attached hydrogens (primary N) is 1. The molecule has 2 aromatic heterocycles. The highest BCUT2D eigenvalue weighted by atomic mass is 127. The van der Waals surface area contributed by atoms with Crippen molar-refractivity contribution in [3.05, 3.63) is 34.7 Å². The minimum atomic E-state index is 0. The predicted molar refractivity (Wildman–Crippen MR) is 108 cm³/mol. The Morgan fingerprint density at radius 2 is 2.00 bits per heavy atom. The molecule has 1 aliphatic carbocycles. The first-order valence-corrected chi connectivity index (χ1v) is 8.69. The lowest BCUT2D eigenvalue weighted by atomic mass is 10.1. The predicted octanol–water partition coefficient (Wildman–Crippen LogP) is 3.84. The van der Waals surface area contributed by atoms with Gasteiger partial charge in [-0.1, -0.05) is 25.7 Å². The van der Waals surface area contributed by atoms with E-state index < -0.39 is 0 Å². The van der Waals surface area contributed by atoms with E-state index in [1.807, 2.05) is 28.9 Å². The lowest BCUT2D eigenvalue weighted by Gasteiger charge is -2.16. The van der Waals surface area contributed by atoms with Crippen LogP contribution in [0, 0.1) is 0 Å². The van der Waals surface area contributed by atoms with Gasteiger partial charge in [0.1, 0.15) is 5.65 Å². The molecule has 1 saturated carbocycles. The van der Waals surface area contributed by atoms with E-state index in [9.17, 15) is 0 Å². The van der Waals surface area contributed by atoms with Gasteiger partial charge in [0.15, 0.2) is 5.96 Å². The average molecular weight is 492 g/mol. The van der Waals surface area contributed by atoms with Gasteiger partial charge in [0.05, 0.1) is 12.2 Å². The number of rotatable bonds is 3. The second-order valence-corrected chi connectivity index (χ2v) is 6.79. The monoisotopic (exact) mass is 491 g/mol. The highest BCUT2D eigenvalue weighted by Crippen LogP contribution is 2.17. The maximum absolute atomic E-state index is 6.02. The summed E-state index contributed by atoms with van der Waals surface area (Å²) in [5.41, 5.74) is 7.86. The standard InChI is InChI=1S/C16H22BrN5.HI/c17-12-7-8-15-20-14(11-22(15)10-12)9-19-16(18)21-13-5-3-1-2-4-6-13;/h7-8,10-11,13H,1-6,9H2,(H3,18,19,21);1H. The summed E-state index contributed by atoms with van der Waals surface area (Å²) >= 11 is 3.46. The van der Waals surface area contributed by atoms with Crippen molar-refractivity contribution in [1.82, 2.24) is 14.7 Å². The number of nitrogens with zero attached hydrogens (tertiary/aromatic N) is 3. The van der Waals surface area contributed by atoms with Crippen molar-refractivity contribution in [3.8, 4) is 0 Å². The molecule has 1 fully saturated rings. The van der Waals surface area contributed by atoms with Gasteiger partial charge in [0.25, 0.3) is 0 Å². The Morgan fingerprint density at radius 3 is 2.74 bits per heavy atom. The van der Waals surface area contributed by atoms with E-state index in [1.165, 1.54) is 38.5 Å². The highest BCUT2D eigenvalue weighted by molar-refractivity contribution is 14.0. The van der Waals surface area contributed by atoms with Gasteiger partial charge in [-0.2, -0.15) is 0 Å². The minimum absolute atomic E-state index is 0. The number of pyridine rings is 1. The third kappa shape index (κ3) is 5.34. The Balaban J connectivity index is 0.00000192. The van der Waals surface area contributed by atoms with Crippen molar-refractivity contribution in [2.24, 2.45) is 10.7 Å². The molecule has 0 saturated heterocycles. The van der Waals surface area contributed by atoms with Crippen molar-refractivity contribution in [2.45, 2.75) is 51.1 Å². The quantitative estimate of drug-likeness (QED) is 0.296. The van der Waals surface area contributed by atoms with Crippen LogP contribution in [0.4, 0.5) is 0 Å². The van der Waals surface area contributed by atoms with Gasteiger partial charge in [-0.25, -0.2) is 9.98 Å². The van der Waals surface area contributed by atoms with Crippen LogP contribution >= 0.6 is 39.9 Å². The molecule has 23 heavy (non-hydrogen) atoms. The summed E-state index contributed by atoms with van der Waals surface area (Å²) in [6.45, 7) is 0.505. The molecule has 0 radical (unpaired) electrons. The van der Waals surface area contributed by atoms with Crippen LogP contribution in [0.1, 0.15) is 44.2 Å². The number of halogens is 2. The van der Waals surface area contributed by atoms with Crippen LogP contribution in [0.5, 0.6) is 0 Å². The summed E-state index contributed by atoms with van der Waals surface area (Å²) in [5.74, 6) is 0.533. The van der Waals surface area contributed by atoms with E-state index in [0.29, 0.717) is 18.5 Å². The fourth-order valence-corrected chi connectivity index (χ4v) is 3.29. The van der Waals surface area contributed by atoms with Crippen LogP contribution in [0.3, 0.4) is 0 Å². The number of aromatic nitrogens is 2. The first-order chi connectivity index (χ1) is 10.7. The Hall–Kier alpha value is -0.830. The van der Waals surface area contributed by atoms with Gasteiger partial charge in [-0.15, -0.1) is 24.0 Å². The Bertz CT molecular complexity index is 662. The van der Waals surface area contributed by atoms with Gasteiger partial charge in [-0.3, -0.25) is 0 Å². The van der Waals surface area contributed by atoms with Gasteiger partial charge in [0.2, 0.25) is 0 Å². The van der Waals surface area contributed by atoms with Gasteiger partial charge >= 0.3 is 0 Å².